The minimum atomic E-state index is -5.95. The Morgan fingerprint density at radius 2 is 0.667 bits per heavy atom. The Balaban J connectivity index is 1.76. The van der Waals surface area contributed by atoms with Gasteiger partial charge in [-0.1, -0.05) is 0 Å². The molecule has 0 saturated carbocycles. The Morgan fingerprint density at radius 1 is 0.410 bits per heavy atom. The number of amides is 2. The summed E-state index contributed by atoms with van der Waals surface area (Å²) in [6.45, 7) is 0. The van der Waals surface area contributed by atoms with Crippen molar-refractivity contribution in [3.8, 4) is 0 Å². The van der Waals surface area contributed by atoms with E-state index in [0.29, 0.717) is 21.9 Å². The van der Waals surface area contributed by atoms with E-state index in [0.717, 1.165) is 0 Å². The zero-order valence-electron chi connectivity index (χ0n) is 21.0. The van der Waals surface area contributed by atoms with Crippen molar-refractivity contribution in [3.05, 3.63) is 152 Å². The molecule has 0 heterocycles. The van der Waals surface area contributed by atoms with Crippen LogP contribution in [0.4, 0.5) is 21.0 Å². The number of carbonyl (C=O) groups is 2. The molecule has 7 heteroatoms. The standard InChI is InChI=1S/2C7H7NO2.3C6H5.Sb/c2*9-7(10)8-6-4-2-1-3-5-6;3*1-2-4-6-5-3-1;/h2*1-5,8H,(H,9,10);3*1-5H;/q;;;;;+2/p-2. The summed E-state index contributed by atoms with van der Waals surface area (Å²) >= 11 is -5.95. The van der Waals surface area contributed by atoms with Crippen LogP contribution in [-0.2, 0) is 6.03 Å². The van der Waals surface area contributed by atoms with E-state index >= 15 is 0 Å². The fraction of sp³-hybridized carbons (Fsp3) is 0. The quantitative estimate of drug-likeness (QED) is 0.231. The number of carbonyl (C=O) groups excluding carboxylic acids is 2. The SMILES string of the molecule is O=C(Nc1ccccc1)[O][Sb]([O]C(=O)Nc1ccccc1)([c]1ccccc1)([c]1ccccc1)[c]1ccccc1. The van der Waals surface area contributed by atoms with Gasteiger partial charge in [0.2, 0.25) is 0 Å². The first kappa shape index (κ1) is 26.1. The summed E-state index contributed by atoms with van der Waals surface area (Å²) in [5.74, 6) is 0. The third kappa shape index (κ3) is 5.24. The van der Waals surface area contributed by atoms with Crippen LogP contribution in [0.5, 0.6) is 0 Å². The Hall–Kier alpha value is -4.54. The molecule has 39 heavy (non-hydrogen) atoms. The Kier molecular flexibility index (Phi) is 7.66. The molecule has 5 rings (SSSR count). The number of benzene rings is 5. The van der Waals surface area contributed by atoms with Crippen LogP contribution in [-0.4, -0.2) is 30.4 Å². The van der Waals surface area contributed by atoms with Gasteiger partial charge in [-0.2, -0.15) is 0 Å². The summed E-state index contributed by atoms with van der Waals surface area (Å²) in [6.07, 6.45) is -1.46. The van der Waals surface area contributed by atoms with Gasteiger partial charge in [-0.05, 0) is 0 Å². The number of rotatable bonds is 7. The van der Waals surface area contributed by atoms with E-state index < -0.39 is 30.4 Å². The second kappa shape index (κ2) is 11.5. The molecule has 0 aliphatic rings. The Bertz CT molecular complexity index is 1380. The van der Waals surface area contributed by atoms with E-state index in [1.54, 1.807) is 24.3 Å². The van der Waals surface area contributed by atoms with Gasteiger partial charge >= 0.3 is 230 Å². The molecular formula is C32H27N2O4Sb. The van der Waals surface area contributed by atoms with Crippen molar-refractivity contribution in [2.45, 2.75) is 0 Å². The summed E-state index contributed by atoms with van der Waals surface area (Å²) in [5.41, 5.74) is 1.11. The van der Waals surface area contributed by atoms with Gasteiger partial charge in [0.05, 0.1) is 0 Å². The molecule has 5 aromatic carbocycles. The molecule has 0 radical (unpaired) electrons. The molecule has 5 aromatic rings. The number of anilines is 2. The third-order valence-electron chi connectivity index (χ3n) is 6.23. The Morgan fingerprint density at radius 3 is 0.949 bits per heavy atom. The molecule has 2 N–H and O–H groups in total. The molecule has 0 fully saturated rings. The van der Waals surface area contributed by atoms with Gasteiger partial charge < -0.3 is 0 Å². The maximum atomic E-state index is 13.8. The Labute approximate surface area is 229 Å². The molecule has 194 valence electrons. The van der Waals surface area contributed by atoms with Gasteiger partial charge in [0.1, 0.15) is 0 Å². The van der Waals surface area contributed by atoms with Crippen molar-refractivity contribution in [2.75, 3.05) is 10.6 Å². The average molecular weight is 625 g/mol. The van der Waals surface area contributed by atoms with Crippen molar-refractivity contribution in [1.82, 2.24) is 0 Å². The topological polar surface area (TPSA) is 76.7 Å². The predicted molar refractivity (Wildman–Crippen MR) is 157 cm³/mol. The van der Waals surface area contributed by atoms with Crippen LogP contribution in [0.2, 0.25) is 0 Å². The van der Waals surface area contributed by atoms with E-state index in [9.17, 15) is 9.59 Å². The first-order valence-corrected chi connectivity index (χ1v) is 18.3. The summed E-state index contributed by atoms with van der Waals surface area (Å²) in [4.78, 5) is 27.6. The van der Waals surface area contributed by atoms with Crippen molar-refractivity contribution in [2.24, 2.45) is 0 Å². The molecule has 2 amide bonds. The number of hydrogen-bond acceptors (Lipinski definition) is 4. The monoisotopic (exact) mass is 624 g/mol. The maximum absolute atomic E-state index is 13.8. The fourth-order valence-electron chi connectivity index (χ4n) is 4.52. The number of hydrogen-bond donors (Lipinski definition) is 2. The minimum absolute atomic E-state index is 0.555. The zero-order chi connectivity index (χ0) is 27.0. The summed E-state index contributed by atoms with van der Waals surface area (Å²) in [5, 5.41) is 5.66. The van der Waals surface area contributed by atoms with Crippen molar-refractivity contribution < 1.29 is 15.6 Å². The second-order valence-electron chi connectivity index (χ2n) is 8.70. The van der Waals surface area contributed by atoms with Gasteiger partial charge in [0.25, 0.3) is 0 Å². The molecular weight excluding hydrogens is 598 g/mol. The van der Waals surface area contributed by atoms with E-state index in [1.165, 1.54) is 0 Å². The second-order valence-corrected chi connectivity index (χ2v) is 19.6. The number of nitrogens with one attached hydrogen (secondary N) is 2. The van der Waals surface area contributed by atoms with Gasteiger partial charge in [-0.25, -0.2) is 0 Å². The summed E-state index contributed by atoms with van der Waals surface area (Å²) < 4.78 is 15.2. The molecule has 0 unspecified atom stereocenters. The zero-order valence-corrected chi connectivity index (χ0v) is 23.6. The summed E-state index contributed by atoms with van der Waals surface area (Å²) in [6, 6.07) is 45.9. The fourth-order valence-corrected chi connectivity index (χ4v) is 17.2. The van der Waals surface area contributed by atoms with Crippen molar-refractivity contribution in [1.29, 1.82) is 0 Å². The molecule has 0 saturated heterocycles. The predicted octanol–water partition coefficient (Wildman–Crippen LogP) is 5.60. The van der Waals surface area contributed by atoms with Crippen LogP contribution in [0.3, 0.4) is 0 Å². The van der Waals surface area contributed by atoms with Gasteiger partial charge in [-0.3, -0.25) is 0 Å². The van der Waals surface area contributed by atoms with Crippen LogP contribution in [0.15, 0.2) is 152 Å². The first-order chi connectivity index (χ1) is 19.1. The van der Waals surface area contributed by atoms with Crippen LogP contribution < -0.4 is 21.2 Å². The normalized spacial score (nSPS) is 11.8. The molecule has 0 bridgehead atoms. The molecule has 0 aliphatic heterocycles. The van der Waals surface area contributed by atoms with Crippen LogP contribution in [0.25, 0.3) is 0 Å². The van der Waals surface area contributed by atoms with Crippen molar-refractivity contribution in [3.63, 3.8) is 0 Å². The van der Waals surface area contributed by atoms with Crippen LogP contribution >= 0.6 is 0 Å². The van der Waals surface area contributed by atoms with Crippen LogP contribution in [0, 0.1) is 0 Å². The molecule has 0 spiro atoms. The van der Waals surface area contributed by atoms with E-state index in [1.807, 2.05) is 127 Å². The first-order valence-electron chi connectivity index (χ1n) is 12.4. The molecule has 6 nitrogen and oxygen atoms in total. The summed E-state index contributed by atoms with van der Waals surface area (Å²) in [7, 11) is 0. The molecule has 0 aromatic heterocycles. The molecule has 0 atom stereocenters. The average Bonchev–Trinajstić information content (AvgIpc) is 2.99. The van der Waals surface area contributed by atoms with Crippen molar-refractivity contribution >= 4 is 52.3 Å². The van der Waals surface area contributed by atoms with E-state index in [2.05, 4.69) is 10.6 Å². The van der Waals surface area contributed by atoms with E-state index in [4.69, 9.17) is 6.03 Å². The molecule has 0 aliphatic carbocycles. The van der Waals surface area contributed by atoms with Crippen LogP contribution in [0.1, 0.15) is 0 Å². The van der Waals surface area contributed by atoms with Gasteiger partial charge in [0.15, 0.2) is 0 Å². The van der Waals surface area contributed by atoms with E-state index in [-0.39, 0.29) is 0 Å². The van der Waals surface area contributed by atoms with Gasteiger partial charge in [0, 0.05) is 0 Å². The third-order valence-corrected chi connectivity index (χ3v) is 19.8. The van der Waals surface area contributed by atoms with Gasteiger partial charge in [-0.15, -0.1) is 0 Å². The number of para-hydroxylation sites is 2.